The van der Waals surface area contributed by atoms with Crippen LogP contribution >= 0.6 is 15.9 Å². The molecule has 0 saturated carbocycles. The smallest absolute Gasteiger partial charge is 0.146 e. The summed E-state index contributed by atoms with van der Waals surface area (Å²) in [6, 6.07) is 12.1. The first-order valence-corrected chi connectivity index (χ1v) is 6.12. The second kappa shape index (κ2) is 5.19. The number of anilines is 2. The van der Waals surface area contributed by atoms with Crippen molar-refractivity contribution in [1.82, 2.24) is 0 Å². The lowest BCUT2D eigenvalue weighted by molar-refractivity contribution is 0.631. The Morgan fingerprint density at radius 3 is 2.67 bits per heavy atom. The maximum atomic E-state index is 13.6. The van der Waals surface area contributed by atoms with E-state index in [9.17, 15) is 4.39 Å². The van der Waals surface area contributed by atoms with Crippen LogP contribution in [-0.4, -0.2) is 0 Å². The molecule has 0 amide bonds. The van der Waals surface area contributed by atoms with Crippen LogP contribution in [-0.2, 0) is 0 Å². The molecule has 0 aliphatic heterocycles. The van der Waals surface area contributed by atoms with Gasteiger partial charge in [0.2, 0.25) is 0 Å². The Morgan fingerprint density at radius 1 is 1.22 bits per heavy atom. The van der Waals surface area contributed by atoms with Gasteiger partial charge in [-0.3, -0.25) is 0 Å². The van der Waals surface area contributed by atoms with E-state index in [1.165, 1.54) is 6.07 Å². The summed E-state index contributed by atoms with van der Waals surface area (Å²) in [4.78, 5) is 0. The zero-order chi connectivity index (χ0) is 13.1. The van der Waals surface area contributed by atoms with Gasteiger partial charge in [-0.05, 0) is 48.9 Å². The van der Waals surface area contributed by atoms with Crippen LogP contribution in [0, 0.1) is 24.1 Å². The van der Waals surface area contributed by atoms with E-state index in [1.807, 2.05) is 13.0 Å². The molecule has 0 spiro atoms. The molecule has 0 saturated heterocycles. The first kappa shape index (κ1) is 12.6. The van der Waals surface area contributed by atoms with Gasteiger partial charge < -0.3 is 5.32 Å². The lowest BCUT2D eigenvalue weighted by Gasteiger charge is -2.09. The average Bonchev–Trinajstić information content (AvgIpc) is 2.34. The number of hydrogen-bond acceptors (Lipinski definition) is 2. The Hall–Kier alpha value is -1.86. The Labute approximate surface area is 113 Å². The molecule has 2 aromatic rings. The second-order valence-electron chi connectivity index (χ2n) is 3.89. The fourth-order valence-corrected chi connectivity index (χ4v) is 1.98. The molecule has 4 heteroatoms. The highest BCUT2D eigenvalue weighted by atomic mass is 79.9. The monoisotopic (exact) mass is 304 g/mol. The molecule has 0 heterocycles. The summed E-state index contributed by atoms with van der Waals surface area (Å²) >= 11 is 3.30. The molecule has 0 unspecified atom stereocenters. The predicted molar refractivity (Wildman–Crippen MR) is 73.3 cm³/mol. The number of nitriles is 1. The van der Waals surface area contributed by atoms with Crippen LogP contribution in [0.4, 0.5) is 15.8 Å². The lowest BCUT2D eigenvalue weighted by atomic mass is 10.1. The topological polar surface area (TPSA) is 35.8 Å². The molecule has 90 valence electrons. The highest BCUT2D eigenvalue weighted by Gasteiger charge is 2.04. The Balaban J connectivity index is 2.32. The number of aryl methyl sites for hydroxylation is 1. The van der Waals surface area contributed by atoms with Crippen LogP contribution in [0.1, 0.15) is 11.1 Å². The van der Waals surface area contributed by atoms with Crippen molar-refractivity contribution in [3.63, 3.8) is 0 Å². The molecule has 2 aromatic carbocycles. The third-order valence-corrected chi connectivity index (χ3v) is 3.05. The number of nitrogens with zero attached hydrogens (tertiary/aromatic N) is 1. The zero-order valence-electron chi connectivity index (χ0n) is 9.67. The molecule has 0 bridgehead atoms. The summed E-state index contributed by atoms with van der Waals surface area (Å²) in [5.74, 6) is -0.319. The maximum absolute atomic E-state index is 13.6. The zero-order valence-corrected chi connectivity index (χ0v) is 11.3. The van der Waals surface area contributed by atoms with E-state index in [0.717, 1.165) is 15.7 Å². The fourth-order valence-electron chi connectivity index (χ4n) is 1.62. The van der Waals surface area contributed by atoms with Crippen molar-refractivity contribution in [3.8, 4) is 6.07 Å². The molecule has 0 fully saturated rings. The number of rotatable bonds is 2. The molecular weight excluding hydrogens is 295 g/mol. The maximum Gasteiger partial charge on any atom is 0.146 e. The van der Waals surface area contributed by atoms with E-state index in [4.69, 9.17) is 5.26 Å². The van der Waals surface area contributed by atoms with Gasteiger partial charge >= 0.3 is 0 Å². The summed E-state index contributed by atoms with van der Waals surface area (Å²) in [5.41, 5.74) is 2.63. The van der Waals surface area contributed by atoms with Gasteiger partial charge in [-0.1, -0.05) is 15.9 Å². The van der Waals surface area contributed by atoms with E-state index < -0.39 is 0 Å². The van der Waals surface area contributed by atoms with E-state index in [2.05, 4.69) is 27.3 Å². The van der Waals surface area contributed by atoms with Gasteiger partial charge in [0.15, 0.2) is 0 Å². The number of benzene rings is 2. The van der Waals surface area contributed by atoms with Gasteiger partial charge in [0.25, 0.3) is 0 Å². The molecule has 0 atom stereocenters. The van der Waals surface area contributed by atoms with Gasteiger partial charge in [0, 0.05) is 10.2 Å². The fraction of sp³-hybridized carbons (Fsp3) is 0.0714. The molecule has 1 N–H and O–H groups in total. The lowest BCUT2D eigenvalue weighted by Crippen LogP contribution is -1.95. The summed E-state index contributed by atoms with van der Waals surface area (Å²) in [5, 5.41) is 11.8. The molecule has 0 aromatic heterocycles. The minimum Gasteiger partial charge on any atom is -0.353 e. The van der Waals surface area contributed by atoms with Crippen molar-refractivity contribution < 1.29 is 4.39 Å². The van der Waals surface area contributed by atoms with Crippen LogP contribution in [0.2, 0.25) is 0 Å². The molecule has 0 radical (unpaired) electrons. The highest BCUT2D eigenvalue weighted by molar-refractivity contribution is 9.10. The number of halogens is 2. The quantitative estimate of drug-likeness (QED) is 0.886. The van der Waals surface area contributed by atoms with E-state index in [-0.39, 0.29) is 5.82 Å². The summed E-state index contributed by atoms with van der Waals surface area (Å²) in [6.07, 6.45) is 0. The summed E-state index contributed by atoms with van der Waals surface area (Å²) in [7, 11) is 0. The molecule has 0 aliphatic carbocycles. The SMILES string of the molecule is Cc1cc(Nc2cc(Br)ccc2F)ccc1C#N. The minimum absolute atomic E-state index is 0.319. The van der Waals surface area contributed by atoms with E-state index in [1.54, 1.807) is 24.3 Å². The molecule has 18 heavy (non-hydrogen) atoms. The summed E-state index contributed by atoms with van der Waals surface area (Å²) < 4.78 is 14.4. The van der Waals surface area contributed by atoms with Gasteiger partial charge in [-0.25, -0.2) is 4.39 Å². The van der Waals surface area contributed by atoms with Gasteiger partial charge in [0.05, 0.1) is 17.3 Å². The second-order valence-corrected chi connectivity index (χ2v) is 4.81. The number of nitrogens with one attached hydrogen (secondary N) is 1. The van der Waals surface area contributed by atoms with Crippen LogP contribution < -0.4 is 5.32 Å². The standard InChI is InChI=1S/C14H10BrFN2/c1-9-6-12(4-2-10(9)8-17)18-14-7-11(15)3-5-13(14)16/h2-7,18H,1H3. The highest BCUT2D eigenvalue weighted by Crippen LogP contribution is 2.25. The van der Waals surface area contributed by atoms with Crippen molar-refractivity contribution in [1.29, 1.82) is 5.26 Å². The molecular formula is C14H10BrFN2. The Bertz CT molecular complexity index is 632. The minimum atomic E-state index is -0.319. The molecule has 0 aliphatic rings. The van der Waals surface area contributed by atoms with Crippen molar-refractivity contribution in [2.45, 2.75) is 6.92 Å². The van der Waals surface area contributed by atoms with Crippen LogP contribution in [0.25, 0.3) is 0 Å². The molecule has 2 rings (SSSR count). The van der Waals surface area contributed by atoms with Crippen molar-refractivity contribution in [3.05, 3.63) is 57.8 Å². The Kier molecular flexibility index (Phi) is 3.63. The normalized spacial score (nSPS) is 9.89. The Morgan fingerprint density at radius 2 is 2.00 bits per heavy atom. The van der Waals surface area contributed by atoms with Gasteiger partial charge in [-0.2, -0.15) is 5.26 Å². The van der Waals surface area contributed by atoms with E-state index >= 15 is 0 Å². The summed E-state index contributed by atoms with van der Waals surface area (Å²) in [6.45, 7) is 1.85. The van der Waals surface area contributed by atoms with Crippen molar-refractivity contribution in [2.24, 2.45) is 0 Å². The average molecular weight is 305 g/mol. The van der Waals surface area contributed by atoms with Crippen LogP contribution in [0.15, 0.2) is 40.9 Å². The third kappa shape index (κ3) is 2.69. The largest absolute Gasteiger partial charge is 0.353 e. The van der Waals surface area contributed by atoms with Gasteiger partial charge in [-0.15, -0.1) is 0 Å². The van der Waals surface area contributed by atoms with Crippen molar-refractivity contribution >= 4 is 27.3 Å². The van der Waals surface area contributed by atoms with Gasteiger partial charge in [0.1, 0.15) is 5.82 Å². The van der Waals surface area contributed by atoms with Crippen LogP contribution in [0.5, 0.6) is 0 Å². The molecule has 2 nitrogen and oxygen atoms in total. The first-order chi connectivity index (χ1) is 8.60. The predicted octanol–water partition coefficient (Wildman–Crippen LogP) is 4.51. The first-order valence-electron chi connectivity index (χ1n) is 5.33. The third-order valence-electron chi connectivity index (χ3n) is 2.55. The van der Waals surface area contributed by atoms with E-state index in [0.29, 0.717) is 11.3 Å². The van der Waals surface area contributed by atoms with Crippen molar-refractivity contribution in [2.75, 3.05) is 5.32 Å². The number of hydrogen-bond donors (Lipinski definition) is 1. The van der Waals surface area contributed by atoms with Crippen LogP contribution in [0.3, 0.4) is 0 Å².